The largest absolute Gasteiger partial charge is 0.409 e. The molecule has 0 amide bonds. The summed E-state index contributed by atoms with van der Waals surface area (Å²) < 4.78 is 0. The van der Waals surface area contributed by atoms with Crippen LogP contribution in [-0.4, -0.2) is 16.3 Å². The number of hydrogen-bond donors (Lipinski definition) is 2. The van der Waals surface area contributed by atoms with Gasteiger partial charge in [-0.25, -0.2) is 0 Å². The predicted octanol–water partition coefficient (Wildman–Crippen LogP) is 3.35. The molecule has 0 heterocycles. The number of hydrogen-bond acceptors (Lipinski definition) is 3. The third kappa shape index (κ3) is 3.94. The van der Waals surface area contributed by atoms with Crippen molar-refractivity contribution >= 4 is 29.2 Å². The summed E-state index contributed by atoms with van der Waals surface area (Å²) >= 11 is 7.72. The highest BCUT2D eigenvalue weighted by Gasteiger charge is 2.12. The van der Waals surface area contributed by atoms with Crippen LogP contribution in [0, 0.1) is 0 Å². The van der Waals surface area contributed by atoms with Crippen LogP contribution < -0.4 is 5.73 Å². The molecule has 0 spiro atoms. The van der Waals surface area contributed by atoms with Gasteiger partial charge in [-0.15, -0.1) is 11.8 Å². The van der Waals surface area contributed by atoms with E-state index in [9.17, 15) is 0 Å². The zero-order valence-corrected chi connectivity index (χ0v) is 10.6. The number of benzene rings is 1. The van der Waals surface area contributed by atoms with E-state index in [4.69, 9.17) is 22.5 Å². The Labute approximate surface area is 105 Å². The maximum atomic E-state index is 8.53. The van der Waals surface area contributed by atoms with Gasteiger partial charge in [-0.3, -0.25) is 0 Å². The molecule has 0 fully saturated rings. The van der Waals surface area contributed by atoms with Crippen molar-refractivity contribution < 1.29 is 5.21 Å². The molecule has 0 bridgehead atoms. The summed E-state index contributed by atoms with van der Waals surface area (Å²) in [6.45, 7) is 2.07. The Morgan fingerprint density at radius 2 is 2.25 bits per heavy atom. The van der Waals surface area contributed by atoms with Crippen LogP contribution in [0.5, 0.6) is 0 Å². The number of halogens is 1. The summed E-state index contributed by atoms with van der Waals surface area (Å²) in [5.41, 5.74) is 5.49. The molecule has 0 aliphatic rings. The van der Waals surface area contributed by atoms with Gasteiger partial charge in [0.05, 0.1) is 5.02 Å². The van der Waals surface area contributed by atoms with Crippen LogP contribution >= 0.6 is 23.4 Å². The van der Waals surface area contributed by atoms with Gasteiger partial charge in [0, 0.05) is 16.6 Å². The lowest BCUT2D eigenvalue weighted by Crippen LogP contribution is -2.18. The molecule has 0 radical (unpaired) electrons. The average molecular weight is 259 g/mol. The van der Waals surface area contributed by atoms with Gasteiger partial charge in [0.1, 0.15) is 5.84 Å². The van der Waals surface area contributed by atoms with Crippen LogP contribution in [-0.2, 0) is 0 Å². The first-order valence-electron chi connectivity index (χ1n) is 5.05. The van der Waals surface area contributed by atoms with E-state index in [0.717, 1.165) is 16.3 Å². The summed E-state index contributed by atoms with van der Waals surface area (Å²) in [5, 5.41) is 12.5. The topological polar surface area (TPSA) is 58.6 Å². The molecule has 1 unspecified atom stereocenters. The second-order valence-corrected chi connectivity index (χ2v) is 5.12. The summed E-state index contributed by atoms with van der Waals surface area (Å²) in [4.78, 5) is 1.03. The van der Waals surface area contributed by atoms with Crippen molar-refractivity contribution in [2.45, 2.75) is 29.9 Å². The minimum atomic E-state index is 0.256. The molecule has 0 saturated carbocycles. The molecule has 0 aliphatic carbocycles. The van der Waals surface area contributed by atoms with Crippen LogP contribution in [0.2, 0.25) is 5.02 Å². The summed E-state index contributed by atoms with van der Waals surface area (Å²) in [6.07, 6.45) is 1.50. The first kappa shape index (κ1) is 13.2. The Kier molecular flexibility index (Phi) is 5.49. The normalized spacial score (nSPS) is 13.8. The van der Waals surface area contributed by atoms with E-state index in [-0.39, 0.29) is 11.1 Å². The van der Waals surface area contributed by atoms with Gasteiger partial charge in [0.25, 0.3) is 0 Å². The Morgan fingerprint density at radius 3 is 2.81 bits per heavy atom. The van der Waals surface area contributed by atoms with Gasteiger partial charge in [-0.2, -0.15) is 0 Å². The van der Waals surface area contributed by atoms with Gasteiger partial charge in [0.15, 0.2) is 0 Å². The fourth-order valence-electron chi connectivity index (χ4n) is 1.26. The molecule has 88 valence electrons. The van der Waals surface area contributed by atoms with Crippen LogP contribution in [0.4, 0.5) is 0 Å². The lowest BCUT2D eigenvalue weighted by molar-refractivity contribution is 0.316. The second-order valence-electron chi connectivity index (χ2n) is 3.37. The molecule has 0 aliphatic heterocycles. The number of rotatable bonds is 5. The number of thioether (sulfide) groups is 1. The Bertz CT molecular complexity index is 371. The fraction of sp³-hybridized carbons (Fsp3) is 0.364. The van der Waals surface area contributed by atoms with Crippen molar-refractivity contribution in [2.75, 3.05) is 0 Å². The zero-order valence-electron chi connectivity index (χ0n) is 9.06. The van der Waals surface area contributed by atoms with Crippen LogP contribution in [0.15, 0.2) is 34.3 Å². The Hall–Kier alpha value is -0.870. The van der Waals surface area contributed by atoms with E-state index in [1.165, 1.54) is 0 Å². The van der Waals surface area contributed by atoms with Crippen LogP contribution in [0.3, 0.4) is 0 Å². The minimum Gasteiger partial charge on any atom is -0.409 e. The number of nitrogens with zero attached hydrogens (tertiary/aromatic N) is 1. The predicted molar refractivity (Wildman–Crippen MR) is 69.4 cm³/mol. The summed E-state index contributed by atoms with van der Waals surface area (Å²) in [6, 6.07) is 7.68. The van der Waals surface area contributed by atoms with E-state index in [0.29, 0.717) is 6.42 Å². The van der Waals surface area contributed by atoms with Crippen molar-refractivity contribution in [3.63, 3.8) is 0 Å². The van der Waals surface area contributed by atoms with Crippen molar-refractivity contribution in [3.05, 3.63) is 29.3 Å². The molecule has 1 rings (SSSR count). The van der Waals surface area contributed by atoms with Gasteiger partial charge in [-0.05, 0) is 18.6 Å². The van der Waals surface area contributed by atoms with Crippen LogP contribution in [0.25, 0.3) is 0 Å². The van der Waals surface area contributed by atoms with Gasteiger partial charge < -0.3 is 10.9 Å². The highest BCUT2D eigenvalue weighted by atomic mass is 35.5. The maximum Gasteiger partial charge on any atom is 0.140 e. The second kappa shape index (κ2) is 6.66. The van der Waals surface area contributed by atoms with Gasteiger partial charge in [0.2, 0.25) is 0 Å². The molecule has 1 atom stereocenters. The monoisotopic (exact) mass is 258 g/mol. The fourth-order valence-corrected chi connectivity index (χ4v) is 2.65. The Morgan fingerprint density at radius 1 is 1.56 bits per heavy atom. The minimum absolute atomic E-state index is 0.256. The molecule has 3 nitrogen and oxygen atoms in total. The first-order chi connectivity index (χ1) is 7.67. The van der Waals surface area contributed by atoms with Crippen LogP contribution in [0.1, 0.15) is 19.8 Å². The molecular formula is C11H15ClN2OS. The van der Waals surface area contributed by atoms with E-state index < -0.39 is 0 Å². The highest BCUT2D eigenvalue weighted by Crippen LogP contribution is 2.32. The number of oxime groups is 1. The SMILES string of the molecule is CCC(C/C(N)=N/O)Sc1ccccc1Cl. The number of nitrogens with two attached hydrogens (primary N) is 1. The lowest BCUT2D eigenvalue weighted by Gasteiger charge is -2.14. The smallest absolute Gasteiger partial charge is 0.140 e. The third-order valence-electron chi connectivity index (χ3n) is 2.15. The molecule has 1 aromatic rings. The van der Waals surface area contributed by atoms with Gasteiger partial charge >= 0.3 is 0 Å². The molecule has 0 saturated heterocycles. The van der Waals surface area contributed by atoms with E-state index in [1.807, 2.05) is 24.3 Å². The summed E-state index contributed by atoms with van der Waals surface area (Å²) in [5.74, 6) is 0.256. The molecule has 5 heteroatoms. The summed E-state index contributed by atoms with van der Waals surface area (Å²) in [7, 11) is 0. The van der Waals surface area contributed by atoms with E-state index in [2.05, 4.69) is 12.1 Å². The van der Waals surface area contributed by atoms with Crippen molar-refractivity contribution in [2.24, 2.45) is 10.9 Å². The maximum absolute atomic E-state index is 8.53. The quantitative estimate of drug-likeness (QED) is 0.280. The number of amidine groups is 1. The highest BCUT2D eigenvalue weighted by molar-refractivity contribution is 8.00. The van der Waals surface area contributed by atoms with E-state index in [1.54, 1.807) is 11.8 Å². The zero-order chi connectivity index (χ0) is 12.0. The standard InChI is InChI=1S/C11H15ClN2OS/c1-2-8(7-11(13)14-15)16-10-6-4-3-5-9(10)12/h3-6,8,15H,2,7H2,1H3,(H2,13,14). The van der Waals surface area contributed by atoms with Crippen molar-refractivity contribution in [3.8, 4) is 0 Å². The van der Waals surface area contributed by atoms with Gasteiger partial charge in [-0.1, -0.05) is 35.8 Å². The molecule has 16 heavy (non-hydrogen) atoms. The first-order valence-corrected chi connectivity index (χ1v) is 6.30. The molecule has 0 aromatic heterocycles. The van der Waals surface area contributed by atoms with Crippen molar-refractivity contribution in [1.82, 2.24) is 0 Å². The third-order valence-corrected chi connectivity index (χ3v) is 4.04. The van der Waals surface area contributed by atoms with E-state index >= 15 is 0 Å². The lowest BCUT2D eigenvalue weighted by atomic mass is 10.2. The molecule has 3 N–H and O–H groups in total. The Balaban J connectivity index is 2.67. The van der Waals surface area contributed by atoms with Crippen molar-refractivity contribution in [1.29, 1.82) is 0 Å². The molecule has 1 aromatic carbocycles. The average Bonchev–Trinajstić information content (AvgIpc) is 2.30. The molecular weight excluding hydrogens is 244 g/mol.